The molecule has 29 heavy (non-hydrogen) atoms. The molecule has 3 rings (SSSR count). The molecular formula is C20H26FN3O5. The predicted molar refractivity (Wildman–Crippen MR) is 103 cm³/mol. The van der Waals surface area contributed by atoms with Crippen LogP contribution < -0.4 is 5.32 Å². The number of carbonyl (C=O) groups excluding carboxylic acids is 2. The Kier molecular flexibility index (Phi) is 5.53. The fourth-order valence-corrected chi connectivity index (χ4v) is 3.13. The van der Waals surface area contributed by atoms with Crippen molar-refractivity contribution in [2.24, 2.45) is 0 Å². The third kappa shape index (κ3) is 4.67. The highest BCUT2D eigenvalue weighted by molar-refractivity contribution is 5.85. The molecular weight excluding hydrogens is 381 g/mol. The third-order valence-electron chi connectivity index (χ3n) is 4.49. The lowest BCUT2D eigenvalue weighted by Gasteiger charge is -2.35. The minimum Gasteiger partial charge on any atom is -0.444 e. The van der Waals surface area contributed by atoms with Gasteiger partial charge in [-0.25, -0.2) is 9.18 Å². The Balaban J connectivity index is 1.71. The molecule has 1 aromatic carbocycles. The molecule has 0 saturated carbocycles. The van der Waals surface area contributed by atoms with Crippen molar-refractivity contribution in [3.8, 4) is 0 Å². The summed E-state index contributed by atoms with van der Waals surface area (Å²) in [7, 11) is 0. The van der Waals surface area contributed by atoms with Crippen LogP contribution in [0.1, 0.15) is 40.3 Å². The van der Waals surface area contributed by atoms with Crippen LogP contribution >= 0.6 is 0 Å². The monoisotopic (exact) mass is 407 g/mol. The Morgan fingerprint density at radius 3 is 2.69 bits per heavy atom. The van der Waals surface area contributed by atoms with E-state index in [-0.39, 0.29) is 18.7 Å². The molecule has 1 saturated heterocycles. The van der Waals surface area contributed by atoms with E-state index in [0.29, 0.717) is 17.6 Å². The zero-order valence-electron chi connectivity index (χ0n) is 17.2. The lowest BCUT2D eigenvalue weighted by atomic mass is 9.96. The second kappa shape index (κ2) is 7.62. The number of hydrogen-bond acceptors (Lipinski definition) is 6. The minimum absolute atomic E-state index is 0.0369. The van der Waals surface area contributed by atoms with E-state index in [4.69, 9.17) is 14.0 Å². The van der Waals surface area contributed by atoms with Crippen LogP contribution in [-0.4, -0.2) is 53.5 Å². The molecule has 2 heterocycles. The second-order valence-electron chi connectivity index (χ2n) is 8.55. The summed E-state index contributed by atoms with van der Waals surface area (Å²) in [6.45, 7) is 9.45. The topological polar surface area (TPSA) is 93.9 Å². The van der Waals surface area contributed by atoms with Crippen LogP contribution in [0.25, 0.3) is 11.0 Å². The number of nitrogens with zero attached hydrogens (tertiary/aromatic N) is 2. The summed E-state index contributed by atoms with van der Waals surface area (Å²) >= 11 is 0. The molecule has 1 N–H and O–H groups in total. The van der Waals surface area contributed by atoms with Gasteiger partial charge in [-0.05, 0) is 46.8 Å². The van der Waals surface area contributed by atoms with E-state index >= 15 is 0 Å². The van der Waals surface area contributed by atoms with Crippen molar-refractivity contribution in [3.05, 3.63) is 29.7 Å². The second-order valence-corrected chi connectivity index (χ2v) is 8.55. The summed E-state index contributed by atoms with van der Waals surface area (Å²) in [5.41, 5.74) is -1.14. The molecule has 2 aromatic rings. The van der Waals surface area contributed by atoms with Crippen molar-refractivity contribution in [2.75, 3.05) is 19.7 Å². The highest BCUT2D eigenvalue weighted by Gasteiger charge is 2.36. The highest BCUT2D eigenvalue weighted by Crippen LogP contribution is 2.29. The van der Waals surface area contributed by atoms with E-state index in [1.54, 1.807) is 46.8 Å². The Morgan fingerprint density at radius 1 is 1.28 bits per heavy atom. The maximum absolute atomic E-state index is 13.9. The van der Waals surface area contributed by atoms with E-state index in [2.05, 4.69) is 10.5 Å². The number of ether oxygens (including phenoxy) is 2. The Bertz CT molecular complexity index is 918. The number of para-hydroxylation sites is 1. The Morgan fingerprint density at radius 2 is 2.00 bits per heavy atom. The van der Waals surface area contributed by atoms with Gasteiger partial charge in [0.2, 0.25) is 5.58 Å². The van der Waals surface area contributed by atoms with E-state index in [9.17, 15) is 14.0 Å². The average Bonchev–Trinajstić information content (AvgIpc) is 3.06. The van der Waals surface area contributed by atoms with Crippen LogP contribution in [0.3, 0.4) is 0 Å². The van der Waals surface area contributed by atoms with Crippen molar-refractivity contribution < 1.29 is 28.0 Å². The standard InChI is InChI=1S/C20H26FN3O5/c1-19(2,3)28-18(26)24-9-10-27-14(11-24)17(25)22-20(4,5)16-12-7-6-8-13(21)15(12)29-23-16/h6-8,14H,9-11H2,1-5H3,(H,22,25)/t14-/m0/s1. The van der Waals surface area contributed by atoms with Crippen molar-refractivity contribution in [3.63, 3.8) is 0 Å². The van der Waals surface area contributed by atoms with Crippen molar-refractivity contribution in [1.82, 2.24) is 15.4 Å². The molecule has 1 aromatic heterocycles. The average molecular weight is 407 g/mol. The van der Waals surface area contributed by atoms with Crippen molar-refractivity contribution in [1.29, 1.82) is 0 Å². The summed E-state index contributed by atoms with van der Waals surface area (Å²) in [6, 6.07) is 4.52. The number of nitrogens with one attached hydrogen (secondary N) is 1. The van der Waals surface area contributed by atoms with Crippen LogP contribution in [0.2, 0.25) is 0 Å². The summed E-state index contributed by atoms with van der Waals surface area (Å²) in [5.74, 6) is -0.928. The SMILES string of the molecule is CC(C)(C)OC(=O)N1CCO[C@H](C(=O)NC(C)(C)c2noc3c(F)cccc23)C1. The Hall–Kier alpha value is -2.68. The molecule has 0 radical (unpaired) electrons. The number of benzene rings is 1. The van der Waals surface area contributed by atoms with Gasteiger partial charge in [0.15, 0.2) is 11.9 Å². The molecule has 2 amide bonds. The predicted octanol–water partition coefficient (Wildman–Crippen LogP) is 2.95. The summed E-state index contributed by atoms with van der Waals surface area (Å²) in [6.07, 6.45) is -1.35. The van der Waals surface area contributed by atoms with Crippen LogP contribution in [0.5, 0.6) is 0 Å². The number of carbonyl (C=O) groups is 2. The van der Waals surface area contributed by atoms with Gasteiger partial charge in [-0.15, -0.1) is 0 Å². The van der Waals surface area contributed by atoms with E-state index in [0.717, 1.165) is 0 Å². The van der Waals surface area contributed by atoms with E-state index in [1.165, 1.54) is 11.0 Å². The summed E-state index contributed by atoms with van der Waals surface area (Å²) in [5, 5.41) is 7.30. The molecule has 1 atom stereocenters. The van der Waals surface area contributed by atoms with Gasteiger partial charge in [0, 0.05) is 6.54 Å². The Labute approximate surface area is 168 Å². The highest BCUT2D eigenvalue weighted by atomic mass is 19.1. The molecule has 0 unspecified atom stereocenters. The number of halogens is 1. The van der Waals surface area contributed by atoms with Gasteiger partial charge in [-0.1, -0.05) is 11.2 Å². The van der Waals surface area contributed by atoms with Gasteiger partial charge >= 0.3 is 6.09 Å². The van der Waals surface area contributed by atoms with Gasteiger partial charge in [-0.3, -0.25) is 4.79 Å². The van der Waals surface area contributed by atoms with Crippen LogP contribution in [0.4, 0.5) is 9.18 Å². The van der Waals surface area contributed by atoms with E-state index in [1.807, 2.05) is 0 Å². The quantitative estimate of drug-likeness (QED) is 0.841. The molecule has 9 heteroatoms. The molecule has 0 bridgehead atoms. The van der Waals surface area contributed by atoms with Crippen molar-refractivity contribution in [2.45, 2.75) is 51.9 Å². The zero-order chi connectivity index (χ0) is 21.4. The van der Waals surface area contributed by atoms with Gasteiger partial charge in [0.1, 0.15) is 11.3 Å². The zero-order valence-corrected chi connectivity index (χ0v) is 17.2. The summed E-state index contributed by atoms with van der Waals surface area (Å²) in [4.78, 5) is 26.6. The lowest BCUT2D eigenvalue weighted by Crippen LogP contribution is -2.55. The fraction of sp³-hybridized carbons (Fsp3) is 0.550. The van der Waals surface area contributed by atoms with Gasteiger partial charge < -0.3 is 24.2 Å². The number of fused-ring (bicyclic) bond motifs is 1. The first-order valence-corrected chi connectivity index (χ1v) is 9.44. The number of morpholine rings is 1. The molecule has 0 spiro atoms. The normalized spacial score (nSPS) is 18.0. The minimum atomic E-state index is -0.951. The van der Waals surface area contributed by atoms with Crippen LogP contribution in [0, 0.1) is 5.82 Å². The van der Waals surface area contributed by atoms with Crippen LogP contribution in [0.15, 0.2) is 22.7 Å². The first-order valence-electron chi connectivity index (χ1n) is 9.44. The number of amides is 2. The first-order chi connectivity index (χ1) is 13.5. The van der Waals surface area contributed by atoms with Gasteiger partial charge in [0.25, 0.3) is 5.91 Å². The largest absolute Gasteiger partial charge is 0.444 e. The fourth-order valence-electron chi connectivity index (χ4n) is 3.13. The first kappa shape index (κ1) is 21.0. The molecule has 158 valence electrons. The van der Waals surface area contributed by atoms with Gasteiger partial charge in [0.05, 0.1) is 24.1 Å². The smallest absolute Gasteiger partial charge is 0.410 e. The maximum Gasteiger partial charge on any atom is 0.410 e. The van der Waals surface area contributed by atoms with Gasteiger partial charge in [-0.2, -0.15) is 0 Å². The molecule has 0 aliphatic carbocycles. The number of hydrogen-bond donors (Lipinski definition) is 1. The van der Waals surface area contributed by atoms with E-state index < -0.39 is 35.1 Å². The lowest BCUT2D eigenvalue weighted by molar-refractivity contribution is -0.139. The maximum atomic E-state index is 13.9. The molecule has 1 fully saturated rings. The summed E-state index contributed by atoms with van der Waals surface area (Å²) < 4.78 is 29.9. The van der Waals surface area contributed by atoms with Crippen LogP contribution in [-0.2, 0) is 19.8 Å². The molecule has 8 nitrogen and oxygen atoms in total. The molecule has 1 aliphatic heterocycles. The number of aromatic nitrogens is 1. The molecule has 1 aliphatic rings. The van der Waals surface area contributed by atoms with Crippen molar-refractivity contribution >= 4 is 23.0 Å². The number of rotatable bonds is 3. The third-order valence-corrected chi connectivity index (χ3v) is 4.49.